The number of nitrogens with one attached hydrogen (secondary N) is 1. The van der Waals surface area contributed by atoms with Crippen molar-refractivity contribution in [2.75, 3.05) is 0 Å². The van der Waals surface area contributed by atoms with Crippen molar-refractivity contribution in [1.82, 2.24) is 10.2 Å². The second kappa shape index (κ2) is 4.76. The molecule has 4 nitrogen and oxygen atoms in total. The van der Waals surface area contributed by atoms with Gasteiger partial charge in [0.15, 0.2) is 0 Å². The van der Waals surface area contributed by atoms with Crippen LogP contribution in [0.3, 0.4) is 0 Å². The van der Waals surface area contributed by atoms with Gasteiger partial charge in [0.25, 0.3) is 0 Å². The van der Waals surface area contributed by atoms with Crippen LogP contribution in [0.1, 0.15) is 52.4 Å². The molecule has 1 atom stereocenters. The Morgan fingerprint density at radius 3 is 2.70 bits per heavy atom. The minimum Gasteiger partial charge on any atom is -0.354 e. The fraction of sp³-hybridized carbons (Fsp3) is 0.625. The van der Waals surface area contributed by atoms with Gasteiger partial charge in [0.05, 0.1) is 0 Å². The largest absolute Gasteiger partial charge is 0.354 e. The highest BCUT2D eigenvalue weighted by molar-refractivity contribution is 6.00. The fourth-order valence-electron chi connectivity index (χ4n) is 3.65. The highest BCUT2D eigenvalue weighted by Gasteiger charge is 2.56. The third-order valence-electron chi connectivity index (χ3n) is 4.78. The van der Waals surface area contributed by atoms with Crippen molar-refractivity contribution < 1.29 is 9.59 Å². The number of allylic oxidation sites excluding steroid dienone is 2. The second-order valence-electron chi connectivity index (χ2n) is 6.08. The molecule has 1 saturated carbocycles. The van der Waals surface area contributed by atoms with Gasteiger partial charge >= 0.3 is 0 Å². The van der Waals surface area contributed by atoms with Gasteiger partial charge in [-0.3, -0.25) is 14.9 Å². The summed E-state index contributed by atoms with van der Waals surface area (Å²) >= 11 is 0. The zero-order chi connectivity index (χ0) is 14.3. The topological polar surface area (TPSA) is 49.4 Å². The van der Waals surface area contributed by atoms with Gasteiger partial charge in [-0.05, 0) is 50.7 Å². The Hall–Kier alpha value is -1.58. The molecular formula is C16H22N2O2. The highest BCUT2D eigenvalue weighted by atomic mass is 16.2. The lowest BCUT2D eigenvalue weighted by atomic mass is 10.0. The Morgan fingerprint density at radius 1 is 1.40 bits per heavy atom. The Kier molecular flexibility index (Phi) is 3.19. The second-order valence-corrected chi connectivity index (χ2v) is 6.08. The van der Waals surface area contributed by atoms with E-state index in [1.807, 2.05) is 13.0 Å². The molecule has 2 aliphatic heterocycles. The molecule has 0 aromatic carbocycles. The summed E-state index contributed by atoms with van der Waals surface area (Å²) in [5.41, 5.74) is 2.84. The molecule has 1 aliphatic carbocycles. The Bertz CT molecular complexity index is 515. The Balaban J connectivity index is 1.94. The first-order valence-corrected chi connectivity index (χ1v) is 7.59. The first-order valence-electron chi connectivity index (χ1n) is 7.59. The number of hydrogen-bond acceptors (Lipinski definition) is 3. The number of imide groups is 1. The molecule has 0 bridgehead atoms. The lowest BCUT2D eigenvalue weighted by Gasteiger charge is -2.37. The van der Waals surface area contributed by atoms with E-state index in [0.29, 0.717) is 12.8 Å². The fourth-order valence-corrected chi connectivity index (χ4v) is 3.65. The standard InChI is InChI=1S/C16H22N2O2/c1-3-5-12-11(4-2)10-16(8-9-16)18(12)13-6-7-14(19)17-15(13)20/h3,5,13H,4,6-10H2,1-2H3,(H,17,19,20)/b5-3-. The molecule has 1 spiro atoms. The van der Waals surface area contributed by atoms with Crippen LogP contribution in [-0.2, 0) is 9.59 Å². The third-order valence-corrected chi connectivity index (χ3v) is 4.78. The maximum absolute atomic E-state index is 12.2. The molecule has 2 amide bonds. The van der Waals surface area contributed by atoms with Crippen molar-refractivity contribution >= 4 is 11.8 Å². The van der Waals surface area contributed by atoms with E-state index in [0.717, 1.165) is 25.7 Å². The summed E-state index contributed by atoms with van der Waals surface area (Å²) in [6.07, 6.45) is 9.72. The van der Waals surface area contributed by atoms with Gasteiger partial charge in [-0.1, -0.05) is 13.0 Å². The summed E-state index contributed by atoms with van der Waals surface area (Å²) in [5.74, 6) is -0.255. The Labute approximate surface area is 119 Å². The molecule has 1 unspecified atom stereocenters. The lowest BCUT2D eigenvalue weighted by Crippen LogP contribution is -2.54. The quantitative estimate of drug-likeness (QED) is 0.803. The van der Waals surface area contributed by atoms with E-state index in [-0.39, 0.29) is 23.4 Å². The number of piperidine rings is 1. The van der Waals surface area contributed by atoms with Gasteiger partial charge in [0.2, 0.25) is 11.8 Å². The molecular weight excluding hydrogens is 252 g/mol. The van der Waals surface area contributed by atoms with E-state index in [4.69, 9.17) is 0 Å². The summed E-state index contributed by atoms with van der Waals surface area (Å²) in [4.78, 5) is 25.9. The van der Waals surface area contributed by atoms with Crippen LogP contribution in [-0.4, -0.2) is 28.3 Å². The molecule has 108 valence electrons. The van der Waals surface area contributed by atoms with Crippen LogP contribution >= 0.6 is 0 Å². The number of carbonyl (C=O) groups excluding carboxylic acids is 2. The van der Waals surface area contributed by atoms with E-state index >= 15 is 0 Å². The van der Waals surface area contributed by atoms with E-state index < -0.39 is 0 Å². The van der Waals surface area contributed by atoms with Gasteiger partial charge < -0.3 is 4.90 Å². The van der Waals surface area contributed by atoms with Crippen molar-refractivity contribution in [2.45, 2.75) is 64.0 Å². The average molecular weight is 274 g/mol. The van der Waals surface area contributed by atoms with E-state index in [1.54, 1.807) is 0 Å². The van der Waals surface area contributed by atoms with Crippen molar-refractivity contribution in [3.05, 3.63) is 23.4 Å². The number of rotatable bonds is 3. The van der Waals surface area contributed by atoms with E-state index in [1.165, 1.54) is 11.3 Å². The maximum Gasteiger partial charge on any atom is 0.249 e. The smallest absolute Gasteiger partial charge is 0.249 e. The van der Waals surface area contributed by atoms with Gasteiger partial charge in [-0.2, -0.15) is 0 Å². The molecule has 2 heterocycles. The predicted molar refractivity (Wildman–Crippen MR) is 76.7 cm³/mol. The van der Waals surface area contributed by atoms with Gasteiger partial charge in [0, 0.05) is 17.7 Å². The first-order chi connectivity index (χ1) is 9.61. The molecule has 0 radical (unpaired) electrons. The van der Waals surface area contributed by atoms with Crippen LogP contribution in [0, 0.1) is 0 Å². The molecule has 3 aliphatic rings. The van der Waals surface area contributed by atoms with Gasteiger partial charge in [0.1, 0.15) is 6.04 Å². The van der Waals surface area contributed by atoms with Gasteiger partial charge in [-0.15, -0.1) is 0 Å². The van der Waals surface area contributed by atoms with E-state index in [9.17, 15) is 9.59 Å². The minimum atomic E-state index is -0.176. The monoisotopic (exact) mass is 274 g/mol. The summed E-state index contributed by atoms with van der Waals surface area (Å²) in [6, 6.07) is -0.176. The molecule has 20 heavy (non-hydrogen) atoms. The number of nitrogens with zero attached hydrogens (tertiary/aromatic N) is 1. The molecule has 0 aromatic rings. The normalized spacial score (nSPS) is 28.7. The lowest BCUT2D eigenvalue weighted by molar-refractivity contribution is -0.137. The van der Waals surface area contributed by atoms with Crippen LogP contribution in [0.5, 0.6) is 0 Å². The van der Waals surface area contributed by atoms with Crippen LogP contribution in [0.15, 0.2) is 23.4 Å². The maximum atomic E-state index is 12.2. The molecule has 0 aromatic heterocycles. The van der Waals surface area contributed by atoms with Crippen molar-refractivity contribution in [2.24, 2.45) is 0 Å². The van der Waals surface area contributed by atoms with Gasteiger partial charge in [-0.25, -0.2) is 0 Å². The van der Waals surface area contributed by atoms with Crippen LogP contribution in [0.4, 0.5) is 0 Å². The summed E-state index contributed by atoms with van der Waals surface area (Å²) in [6.45, 7) is 4.20. The number of amides is 2. The van der Waals surface area contributed by atoms with Crippen LogP contribution < -0.4 is 5.32 Å². The molecule has 1 saturated heterocycles. The van der Waals surface area contributed by atoms with Crippen molar-refractivity contribution in [1.29, 1.82) is 0 Å². The van der Waals surface area contributed by atoms with Crippen LogP contribution in [0.2, 0.25) is 0 Å². The first kappa shape index (κ1) is 13.4. The average Bonchev–Trinajstić information content (AvgIpc) is 3.11. The minimum absolute atomic E-state index is 0.119. The summed E-state index contributed by atoms with van der Waals surface area (Å²) in [7, 11) is 0. The molecule has 4 heteroatoms. The zero-order valence-electron chi connectivity index (χ0n) is 12.2. The Morgan fingerprint density at radius 2 is 2.15 bits per heavy atom. The van der Waals surface area contributed by atoms with Crippen LogP contribution in [0.25, 0.3) is 0 Å². The van der Waals surface area contributed by atoms with Crippen molar-refractivity contribution in [3.63, 3.8) is 0 Å². The number of hydrogen-bond donors (Lipinski definition) is 1. The molecule has 1 N–H and O–H groups in total. The van der Waals surface area contributed by atoms with E-state index in [2.05, 4.69) is 23.2 Å². The SMILES string of the molecule is C/C=C\C1=C(CC)CC2(CC2)N1C1CCC(=O)NC1=O. The summed E-state index contributed by atoms with van der Waals surface area (Å²) < 4.78 is 0. The summed E-state index contributed by atoms with van der Waals surface area (Å²) in [5, 5.41) is 2.50. The molecule has 2 fully saturated rings. The predicted octanol–water partition coefficient (Wildman–Crippen LogP) is 2.27. The number of carbonyl (C=O) groups is 2. The third kappa shape index (κ3) is 1.98. The zero-order valence-corrected chi connectivity index (χ0v) is 12.2. The molecule has 3 rings (SSSR count). The highest BCUT2D eigenvalue weighted by Crippen LogP contribution is 2.55. The van der Waals surface area contributed by atoms with Crippen molar-refractivity contribution in [3.8, 4) is 0 Å².